The van der Waals surface area contributed by atoms with Gasteiger partial charge in [-0.2, -0.15) is 0 Å². The molecule has 7 heteroatoms. The Hall–Kier alpha value is -2.77. The SMILES string of the molecule is CCCC=CC=CC=CC(=O)OC1C(C)C2(O)C3C=C(C)C(=O)C3CC(CO)=CC2C2C(C)(C)C12OC(=O)C(C)C. The molecule has 0 saturated heterocycles. The molecule has 2 N–H and O–H groups in total. The zero-order valence-electron chi connectivity index (χ0n) is 25.4. The average molecular weight is 567 g/mol. The van der Waals surface area contributed by atoms with Crippen molar-refractivity contribution in [2.45, 2.75) is 85.0 Å². The first-order valence-electron chi connectivity index (χ1n) is 15.0. The van der Waals surface area contributed by atoms with Gasteiger partial charge in [0.2, 0.25) is 0 Å². The number of hydrogen-bond donors (Lipinski definition) is 2. The molecule has 0 aromatic carbocycles. The molecule has 2 saturated carbocycles. The number of ether oxygens (including phenoxy) is 2. The van der Waals surface area contributed by atoms with E-state index in [1.807, 2.05) is 51.2 Å². The van der Waals surface area contributed by atoms with Crippen LogP contribution in [0.5, 0.6) is 0 Å². The first-order valence-corrected chi connectivity index (χ1v) is 15.0. The number of Topliss-reactive ketones (excluding diaryl/α,β-unsaturated/α-hetero) is 1. The van der Waals surface area contributed by atoms with Crippen LogP contribution in [0.3, 0.4) is 0 Å². The number of ketones is 1. The zero-order chi connectivity index (χ0) is 30.3. The number of hydrogen-bond acceptors (Lipinski definition) is 7. The standard InChI is InChI=1S/C34H46O7/c1-8-9-10-11-12-13-14-15-27(36)40-30-22(5)33(39)25-16-21(4)28(37)24(25)17-23(19-35)18-26(33)29-32(6,7)34(29,30)41-31(38)20(2)3/h10-16,18,20,22,24-26,29-30,35,39H,8-9,17,19H2,1-7H3. The Labute approximate surface area is 244 Å². The summed E-state index contributed by atoms with van der Waals surface area (Å²) in [5, 5.41) is 23.0. The highest BCUT2D eigenvalue weighted by Gasteiger charge is 2.87. The van der Waals surface area contributed by atoms with Crippen LogP contribution >= 0.6 is 0 Å². The van der Waals surface area contributed by atoms with Crippen LogP contribution in [0.1, 0.15) is 67.7 Å². The van der Waals surface area contributed by atoms with Crippen LogP contribution in [-0.2, 0) is 23.9 Å². The summed E-state index contributed by atoms with van der Waals surface area (Å²) in [6.45, 7) is 12.9. The van der Waals surface area contributed by atoms with Crippen LogP contribution in [0, 0.1) is 40.9 Å². The van der Waals surface area contributed by atoms with Gasteiger partial charge in [0.05, 0.1) is 18.1 Å². The first kappa shape index (κ1) is 31.2. The molecule has 8 atom stereocenters. The number of aliphatic hydroxyl groups is 2. The van der Waals surface area contributed by atoms with Crippen molar-refractivity contribution in [3.63, 3.8) is 0 Å². The molecule has 0 spiro atoms. The van der Waals surface area contributed by atoms with Crippen LogP contribution in [-0.4, -0.2) is 51.8 Å². The molecule has 0 aromatic rings. The fourth-order valence-electron chi connectivity index (χ4n) is 7.81. The third-order valence-electron chi connectivity index (χ3n) is 10.0. The van der Waals surface area contributed by atoms with Crippen molar-refractivity contribution in [1.82, 2.24) is 0 Å². The van der Waals surface area contributed by atoms with Gasteiger partial charge in [0.25, 0.3) is 0 Å². The summed E-state index contributed by atoms with van der Waals surface area (Å²) < 4.78 is 12.4. The number of rotatable bonds is 9. The average Bonchev–Trinajstić information content (AvgIpc) is 3.32. The predicted octanol–water partition coefficient (Wildman–Crippen LogP) is 5.04. The van der Waals surface area contributed by atoms with E-state index in [2.05, 4.69) is 6.92 Å². The summed E-state index contributed by atoms with van der Waals surface area (Å²) in [5.41, 5.74) is -2.02. The molecule has 0 heterocycles. The Balaban J connectivity index is 1.77. The van der Waals surface area contributed by atoms with Crippen LogP contribution in [0.25, 0.3) is 0 Å². The Kier molecular flexibility index (Phi) is 8.73. The van der Waals surface area contributed by atoms with Gasteiger partial charge in [-0.15, -0.1) is 0 Å². The van der Waals surface area contributed by atoms with Crippen molar-refractivity contribution < 1.29 is 34.1 Å². The Morgan fingerprint density at radius 3 is 2.44 bits per heavy atom. The van der Waals surface area contributed by atoms with Gasteiger partial charge in [0.1, 0.15) is 6.10 Å². The van der Waals surface area contributed by atoms with Crippen molar-refractivity contribution in [3.05, 3.63) is 59.8 Å². The maximum absolute atomic E-state index is 13.2. The lowest BCUT2D eigenvalue weighted by Gasteiger charge is -2.52. The van der Waals surface area contributed by atoms with E-state index in [4.69, 9.17) is 9.47 Å². The highest BCUT2D eigenvalue weighted by molar-refractivity contribution is 6.00. The van der Waals surface area contributed by atoms with Gasteiger partial charge < -0.3 is 19.7 Å². The van der Waals surface area contributed by atoms with E-state index in [0.29, 0.717) is 17.6 Å². The minimum Gasteiger partial charge on any atom is -0.455 e. The molecule has 224 valence electrons. The monoisotopic (exact) mass is 566 g/mol. The second-order valence-electron chi connectivity index (χ2n) is 13.1. The van der Waals surface area contributed by atoms with E-state index in [0.717, 1.165) is 12.8 Å². The fraction of sp³-hybridized carbons (Fsp3) is 0.618. The molecule has 4 aliphatic carbocycles. The van der Waals surface area contributed by atoms with Gasteiger partial charge in [-0.3, -0.25) is 9.59 Å². The third-order valence-corrected chi connectivity index (χ3v) is 10.0. The minimum atomic E-state index is -1.47. The number of carbonyl (C=O) groups excluding carboxylic acids is 3. The highest BCUT2D eigenvalue weighted by Crippen LogP contribution is 2.77. The summed E-state index contributed by atoms with van der Waals surface area (Å²) in [6, 6.07) is 0. The lowest BCUT2D eigenvalue weighted by Crippen LogP contribution is -2.63. The van der Waals surface area contributed by atoms with Crippen molar-refractivity contribution >= 4 is 17.7 Å². The van der Waals surface area contributed by atoms with Gasteiger partial charge >= 0.3 is 11.9 Å². The molecule has 0 bridgehead atoms. The minimum absolute atomic E-state index is 0.0370. The summed E-state index contributed by atoms with van der Waals surface area (Å²) in [5.74, 6) is -4.09. The Bertz CT molecular complexity index is 1220. The van der Waals surface area contributed by atoms with E-state index in [1.165, 1.54) is 6.08 Å². The van der Waals surface area contributed by atoms with Crippen molar-refractivity contribution in [3.8, 4) is 0 Å². The molecular weight excluding hydrogens is 520 g/mol. The van der Waals surface area contributed by atoms with Crippen LogP contribution in [0.15, 0.2) is 59.8 Å². The van der Waals surface area contributed by atoms with Crippen LogP contribution < -0.4 is 0 Å². The molecule has 4 rings (SSSR count). The van der Waals surface area contributed by atoms with E-state index in [-0.39, 0.29) is 12.4 Å². The first-order chi connectivity index (χ1) is 19.3. The van der Waals surface area contributed by atoms with Gasteiger partial charge in [0.15, 0.2) is 11.4 Å². The fourth-order valence-corrected chi connectivity index (χ4v) is 7.81. The lowest BCUT2D eigenvalue weighted by atomic mass is 9.60. The quantitative estimate of drug-likeness (QED) is 0.174. The second-order valence-corrected chi connectivity index (χ2v) is 13.1. The largest absolute Gasteiger partial charge is 0.455 e. The van der Waals surface area contributed by atoms with Crippen molar-refractivity contribution in [2.24, 2.45) is 40.9 Å². The van der Waals surface area contributed by atoms with Gasteiger partial charge in [-0.05, 0) is 30.9 Å². The number of allylic oxidation sites excluding steroid dienone is 6. The molecule has 0 radical (unpaired) electrons. The number of carbonyl (C=O) groups is 3. The summed E-state index contributed by atoms with van der Waals surface area (Å²) in [7, 11) is 0. The maximum Gasteiger partial charge on any atom is 0.331 e. The number of unbranched alkanes of at least 4 members (excludes halogenated alkanes) is 1. The third kappa shape index (κ3) is 4.99. The van der Waals surface area contributed by atoms with E-state index in [1.54, 1.807) is 32.9 Å². The van der Waals surface area contributed by atoms with E-state index in [9.17, 15) is 24.6 Å². The maximum atomic E-state index is 13.2. The predicted molar refractivity (Wildman–Crippen MR) is 156 cm³/mol. The number of aliphatic hydroxyl groups excluding tert-OH is 1. The smallest absolute Gasteiger partial charge is 0.331 e. The number of esters is 2. The topological polar surface area (TPSA) is 110 Å². The zero-order valence-corrected chi connectivity index (χ0v) is 25.4. The Morgan fingerprint density at radius 1 is 1.12 bits per heavy atom. The molecular formula is C34H46O7. The van der Waals surface area contributed by atoms with E-state index >= 15 is 0 Å². The van der Waals surface area contributed by atoms with Gasteiger partial charge in [-0.25, -0.2) is 4.79 Å². The molecule has 0 aromatic heterocycles. The summed E-state index contributed by atoms with van der Waals surface area (Å²) in [6.07, 6.45) is 15.7. The molecule has 4 aliphatic rings. The van der Waals surface area contributed by atoms with E-state index < -0.39 is 70.2 Å². The summed E-state index contributed by atoms with van der Waals surface area (Å²) in [4.78, 5) is 39.5. The normalized spacial score (nSPS) is 37.5. The second kappa shape index (κ2) is 11.5. The van der Waals surface area contributed by atoms with Gasteiger partial charge in [-0.1, -0.05) is 90.5 Å². The molecule has 2 fully saturated rings. The molecule has 7 nitrogen and oxygen atoms in total. The molecule has 8 unspecified atom stereocenters. The number of fused-ring (bicyclic) bond motifs is 5. The molecule has 0 aliphatic heterocycles. The van der Waals surface area contributed by atoms with Crippen molar-refractivity contribution in [1.29, 1.82) is 0 Å². The van der Waals surface area contributed by atoms with Crippen molar-refractivity contribution in [2.75, 3.05) is 6.61 Å². The molecule has 0 amide bonds. The summed E-state index contributed by atoms with van der Waals surface area (Å²) >= 11 is 0. The van der Waals surface area contributed by atoms with Crippen LogP contribution in [0.2, 0.25) is 0 Å². The van der Waals surface area contributed by atoms with Crippen LogP contribution in [0.4, 0.5) is 0 Å². The Morgan fingerprint density at radius 2 is 1.80 bits per heavy atom. The highest BCUT2D eigenvalue weighted by atomic mass is 16.6. The molecule has 41 heavy (non-hydrogen) atoms. The lowest BCUT2D eigenvalue weighted by molar-refractivity contribution is -0.219. The van der Waals surface area contributed by atoms with Gasteiger partial charge in [0, 0.05) is 41.1 Å².